The van der Waals surface area contributed by atoms with Crippen LogP contribution in [0.4, 0.5) is 5.69 Å². The van der Waals surface area contributed by atoms with Gasteiger partial charge in [0, 0.05) is 0 Å². The number of nitrogens with one attached hydrogen (secondary N) is 1. The molecule has 0 aromatic heterocycles. The van der Waals surface area contributed by atoms with Crippen LogP contribution in [-0.2, 0) is 10.2 Å². The number of benzene rings is 1. The van der Waals surface area contributed by atoms with Crippen molar-refractivity contribution < 1.29 is 13.2 Å². The zero-order valence-electron chi connectivity index (χ0n) is 11.4. The number of nitrogens with two attached hydrogens (primary N) is 1. The Morgan fingerprint density at radius 2 is 2.10 bits per heavy atom. The van der Waals surface area contributed by atoms with Crippen molar-refractivity contribution in [3.63, 3.8) is 0 Å². The van der Waals surface area contributed by atoms with Crippen LogP contribution < -0.4 is 15.2 Å². The number of fused-ring (bicyclic) bond motifs is 1. The third kappa shape index (κ3) is 3.41. The molecule has 0 amide bonds. The fraction of sp³-hybridized carbons (Fsp3) is 0.462. The van der Waals surface area contributed by atoms with Crippen LogP contribution >= 0.6 is 0 Å². The Morgan fingerprint density at radius 1 is 1.30 bits per heavy atom. The van der Waals surface area contributed by atoms with Crippen LogP contribution in [0.3, 0.4) is 0 Å². The van der Waals surface area contributed by atoms with E-state index in [0.29, 0.717) is 23.6 Å². The summed E-state index contributed by atoms with van der Waals surface area (Å²) in [6.45, 7) is 2.73. The van der Waals surface area contributed by atoms with Gasteiger partial charge in [0.1, 0.15) is 5.75 Å². The molecule has 0 aliphatic carbocycles. The zero-order chi connectivity index (χ0) is 14.6. The highest BCUT2D eigenvalue weighted by Gasteiger charge is 2.24. The van der Waals surface area contributed by atoms with E-state index in [2.05, 4.69) is 16.0 Å². The van der Waals surface area contributed by atoms with Gasteiger partial charge in [-0.3, -0.25) is 4.72 Å². The zero-order valence-corrected chi connectivity index (χ0v) is 12.2. The SMILES string of the molecule is CCCCCCOc1cccc2c1C(N)=NS(=O)(=O)N2. The standard InChI is InChI=1S/C13H19N3O3S/c1-2-3-4-5-9-19-11-8-6-7-10-12(11)13(14)16-20(17,18)15-10/h6-8,15H,2-5,9H2,1H3,(H2,14,16). The monoisotopic (exact) mass is 297 g/mol. The van der Waals surface area contributed by atoms with Gasteiger partial charge in [-0.25, -0.2) is 0 Å². The molecule has 0 saturated heterocycles. The quantitative estimate of drug-likeness (QED) is 0.785. The van der Waals surface area contributed by atoms with Gasteiger partial charge in [0.25, 0.3) is 0 Å². The first-order valence-electron chi connectivity index (χ1n) is 6.68. The van der Waals surface area contributed by atoms with Crippen molar-refractivity contribution in [2.24, 2.45) is 10.1 Å². The van der Waals surface area contributed by atoms with E-state index in [-0.39, 0.29) is 5.84 Å². The summed E-state index contributed by atoms with van der Waals surface area (Å²) in [5.41, 5.74) is 6.64. The molecular formula is C13H19N3O3S. The smallest absolute Gasteiger partial charge is 0.344 e. The largest absolute Gasteiger partial charge is 0.493 e. The first-order valence-corrected chi connectivity index (χ1v) is 8.12. The summed E-state index contributed by atoms with van der Waals surface area (Å²) in [6.07, 6.45) is 4.42. The van der Waals surface area contributed by atoms with E-state index in [4.69, 9.17) is 10.5 Å². The van der Waals surface area contributed by atoms with Gasteiger partial charge in [0.2, 0.25) is 0 Å². The van der Waals surface area contributed by atoms with E-state index < -0.39 is 10.2 Å². The van der Waals surface area contributed by atoms with Crippen LogP contribution in [-0.4, -0.2) is 20.9 Å². The fourth-order valence-corrected chi connectivity index (χ4v) is 2.89. The summed E-state index contributed by atoms with van der Waals surface area (Å²) < 4.78 is 34.4. The third-order valence-electron chi connectivity index (χ3n) is 3.00. The first-order chi connectivity index (χ1) is 9.53. The molecule has 1 heterocycles. The minimum Gasteiger partial charge on any atom is -0.493 e. The van der Waals surface area contributed by atoms with Crippen molar-refractivity contribution in [2.45, 2.75) is 32.6 Å². The number of rotatable bonds is 6. The maximum absolute atomic E-state index is 11.4. The lowest BCUT2D eigenvalue weighted by molar-refractivity contribution is 0.304. The van der Waals surface area contributed by atoms with Gasteiger partial charge in [-0.1, -0.05) is 32.3 Å². The van der Waals surface area contributed by atoms with E-state index in [1.54, 1.807) is 18.2 Å². The molecule has 1 aliphatic heterocycles. The van der Waals surface area contributed by atoms with E-state index in [1.165, 1.54) is 12.8 Å². The Hall–Kier alpha value is -1.76. The van der Waals surface area contributed by atoms with E-state index in [9.17, 15) is 8.42 Å². The summed E-state index contributed by atoms with van der Waals surface area (Å²) in [4.78, 5) is 0. The van der Waals surface area contributed by atoms with Crippen LogP contribution in [0.1, 0.15) is 38.2 Å². The molecule has 0 saturated carbocycles. The highest BCUT2D eigenvalue weighted by atomic mass is 32.2. The summed E-state index contributed by atoms with van der Waals surface area (Å²) in [7, 11) is -3.74. The molecule has 1 aromatic carbocycles. The highest BCUT2D eigenvalue weighted by Crippen LogP contribution is 2.30. The summed E-state index contributed by atoms with van der Waals surface area (Å²) in [5.74, 6) is 0.519. The predicted molar refractivity (Wildman–Crippen MR) is 79.3 cm³/mol. The van der Waals surface area contributed by atoms with Crippen molar-refractivity contribution in [2.75, 3.05) is 11.3 Å². The van der Waals surface area contributed by atoms with Crippen molar-refractivity contribution >= 4 is 21.7 Å². The number of ether oxygens (including phenoxy) is 1. The van der Waals surface area contributed by atoms with Crippen molar-refractivity contribution in [3.8, 4) is 5.75 Å². The molecule has 0 bridgehead atoms. The number of amidine groups is 1. The highest BCUT2D eigenvalue weighted by molar-refractivity contribution is 7.91. The molecule has 1 aromatic rings. The molecule has 0 radical (unpaired) electrons. The summed E-state index contributed by atoms with van der Waals surface area (Å²) >= 11 is 0. The number of anilines is 1. The molecule has 110 valence electrons. The minimum absolute atomic E-state index is 0.0390. The van der Waals surface area contributed by atoms with Gasteiger partial charge in [-0.15, -0.1) is 4.40 Å². The normalized spacial score (nSPS) is 15.9. The Kier molecular flexibility index (Phi) is 4.49. The number of unbranched alkanes of at least 4 members (excludes halogenated alkanes) is 3. The molecule has 7 heteroatoms. The van der Waals surface area contributed by atoms with Crippen LogP contribution in [0.25, 0.3) is 0 Å². The van der Waals surface area contributed by atoms with Crippen LogP contribution in [0, 0.1) is 0 Å². The summed E-state index contributed by atoms with van der Waals surface area (Å²) in [5, 5.41) is 0. The second kappa shape index (κ2) is 6.13. The molecule has 2 rings (SSSR count). The van der Waals surface area contributed by atoms with Crippen LogP contribution in [0.2, 0.25) is 0 Å². The molecule has 6 nitrogen and oxygen atoms in total. The van der Waals surface area contributed by atoms with Crippen molar-refractivity contribution in [1.29, 1.82) is 0 Å². The average Bonchev–Trinajstić information content (AvgIpc) is 2.36. The van der Waals surface area contributed by atoms with Gasteiger partial charge in [-0.05, 0) is 18.6 Å². The van der Waals surface area contributed by atoms with Gasteiger partial charge < -0.3 is 10.5 Å². The number of nitrogens with zero attached hydrogens (tertiary/aromatic N) is 1. The third-order valence-corrected chi connectivity index (χ3v) is 3.91. The van der Waals surface area contributed by atoms with Crippen LogP contribution in [0.15, 0.2) is 22.6 Å². The molecule has 0 unspecified atom stereocenters. The molecule has 0 spiro atoms. The Bertz CT molecular complexity index is 611. The van der Waals surface area contributed by atoms with E-state index in [0.717, 1.165) is 12.8 Å². The van der Waals surface area contributed by atoms with E-state index in [1.807, 2.05) is 0 Å². The second-order valence-corrected chi connectivity index (χ2v) is 5.98. The lowest BCUT2D eigenvalue weighted by atomic mass is 10.1. The Balaban J connectivity index is 2.13. The van der Waals surface area contributed by atoms with Crippen molar-refractivity contribution in [1.82, 2.24) is 0 Å². The molecule has 1 aliphatic rings. The Morgan fingerprint density at radius 3 is 2.85 bits per heavy atom. The molecule has 0 fully saturated rings. The maximum Gasteiger partial charge on any atom is 0.344 e. The second-order valence-electron chi connectivity index (χ2n) is 4.64. The fourth-order valence-electron chi connectivity index (χ4n) is 2.05. The van der Waals surface area contributed by atoms with Gasteiger partial charge in [0.15, 0.2) is 5.84 Å². The average molecular weight is 297 g/mol. The summed E-state index contributed by atoms with van der Waals surface area (Å²) in [6, 6.07) is 5.13. The topological polar surface area (TPSA) is 93.8 Å². The lowest BCUT2D eigenvalue weighted by Gasteiger charge is -2.19. The Labute approximate surface area is 119 Å². The molecule has 3 N–H and O–H groups in total. The van der Waals surface area contributed by atoms with Crippen LogP contribution in [0.5, 0.6) is 5.75 Å². The lowest BCUT2D eigenvalue weighted by Crippen LogP contribution is -2.27. The predicted octanol–water partition coefficient (Wildman–Crippen LogP) is 2.02. The van der Waals surface area contributed by atoms with Crippen molar-refractivity contribution in [3.05, 3.63) is 23.8 Å². The number of hydrogen-bond donors (Lipinski definition) is 2. The van der Waals surface area contributed by atoms with Gasteiger partial charge in [-0.2, -0.15) is 8.42 Å². The minimum atomic E-state index is -3.74. The maximum atomic E-state index is 11.4. The van der Waals surface area contributed by atoms with Gasteiger partial charge in [0.05, 0.1) is 17.9 Å². The van der Waals surface area contributed by atoms with E-state index >= 15 is 0 Å². The molecule has 20 heavy (non-hydrogen) atoms. The number of hydrogen-bond acceptors (Lipinski definition) is 4. The molecular weight excluding hydrogens is 278 g/mol. The van der Waals surface area contributed by atoms with Gasteiger partial charge >= 0.3 is 10.2 Å². The molecule has 0 atom stereocenters. The first kappa shape index (κ1) is 14.6.